The number of halogens is 4. The van der Waals surface area contributed by atoms with E-state index in [0.29, 0.717) is 0 Å². The molecule has 14 heavy (non-hydrogen) atoms. The van der Waals surface area contributed by atoms with E-state index in [2.05, 4.69) is 4.98 Å². The Morgan fingerprint density at radius 1 is 1.43 bits per heavy atom. The second-order valence-corrected chi connectivity index (χ2v) is 2.45. The van der Waals surface area contributed by atoms with Crippen LogP contribution in [-0.2, 0) is 6.18 Å². The minimum atomic E-state index is -4.52. The first-order valence-corrected chi connectivity index (χ1v) is 3.46. The zero-order chi connectivity index (χ0) is 10.1. The van der Waals surface area contributed by atoms with Crippen molar-refractivity contribution in [2.45, 2.75) is 13.1 Å². The van der Waals surface area contributed by atoms with Crippen LogP contribution >= 0.6 is 12.4 Å². The van der Waals surface area contributed by atoms with E-state index < -0.39 is 23.2 Å². The third kappa shape index (κ3) is 2.70. The minimum Gasteiger partial charge on any atom is -0.293 e. The fraction of sp³-hybridized carbons (Fsp3) is 0.250. The average Bonchev–Trinajstić information content (AvgIpc) is 2.03. The van der Waals surface area contributed by atoms with Crippen LogP contribution in [0.4, 0.5) is 13.2 Å². The van der Waals surface area contributed by atoms with Crippen molar-refractivity contribution in [2.24, 2.45) is 0 Å². The van der Waals surface area contributed by atoms with E-state index in [4.69, 9.17) is 0 Å². The van der Waals surface area contributed by atoms with E-state index in [1.807, 2.05) is 0 Å². The molecular weight excluding hydrogens is 219 g/mol. The number of ketones is 1. The Bertz CT molecular complexity index is 338. The smallest absolute Gasteiger partial charge is 0.293 e. The van der Waals surface area contributed by atoms with Crippen LogP contribution in [0, 0.1) is 0 Å². The highest BCUT2D eigenvalue weighted by Gasteiger charge is 2.34. The van der Waals surface area contributed by atoms with Gasteiger partial charge >= 0.3 is 6.18 Å². The number of aromatic nitrogens is 1. The summed E-state index contributed by atoms with van der Waals surface area (Å²) in [4.78, 5) is 14.1. The van der Waals surface area contributed by atoms with Gasteiger partial charge in [0.25, 0.3) is 0 Å². The number of pyridine rings is 1. The van der Waals surface area contributed by atoms with Gasteiger partial charge in [-0.25, -0.2) is 0 Å². The van der Waals surface area contributed by atoms with Gasteiger partial charge in [0.1, 0.15) is 5.69 Å². The predicted octanol–water partition coefficient (Wildman–Crippen LogP) is 2.72. The first-order chi connectivity index (χ1) is 5.93. The largest absolute Gasteiger partial charge is 0.418 e. The Hall–Kier alpha value is -1.10. The van der Waals surface area contributed by atoms with Crippen molar-refractivity contribution >= 4 is 18.2 Å². The fourth-order valence-corrected chi connectivity index (χ4v) is 0.915. The lowest BCUT2D eigenvalue weighted by atomic mass is 10.1. The van der Waals surface area contributed by atoms with Crippen molar-refractivity contribution in [1.29, 1.82) is 0 Å². The Morgan fingerprint density at radius 3 is 2.36 bits per heavy atom. The van der Waals surface area contributed by atoms with Gasteiger partial charge in [-0.05, 0) is 12.1 Å². The lowest BCUT2D eigenvalue weighted by Crippen LogP contribution is -2.12. The Balaban J connectivity index is 0.00000169. The first-order valence-electron chi connectivity index (χ1n) is 3.46. The molecule has 1 aromatic heterocycles. The second-order valence-electron chi connectivity index (χ2n) is 2.45. The van der Waals surface area contributed by atoms with Crippen LogP contribution in [0.25, 0.3) is 0 Å². The number of hydrogen-bond acceptors (Lipinski definition) is 2. The normalized spacial score (nSPS) is 10.6. The van der Waals surface area contributed by atoms with E-state index in [9.17, 15) is 18.0 Å². The van der Waals surface area contributed by atoms with Gasteiger partial charge in [0.15, 0.2) is 5.78 Å². The molecule has 0 bridgehead atoms. The van der Waals surface area contributed by atoms with Crippen LogP contribution < -0.4 is 0 Å². The molecule has 6 heteroatoms. The van der Waals surface area contributed by atoms with Crippen LogP contribution in [-0.4, -0.2) is 10.8 Å². The molecule has 0 unspecified atom stereocenters. The molecule has 0 radical (unpaired) electrons. The number of carbonyl (C=O) groups excluding carboxylic acids is 1. The summed E-state index contributed by atoms with van der Waals surface area (Å²) >= 11 is 0. The molecule has 1 aromatic rings. The van der Waals surface area contributed by atoms with Gasteiger partial charge in [-0.2, -0.15) is 13.2 Å². The van der Waals surface area contributed by atoms with Gasteiger partial charge in [-0.3, -0.25) is 9.78 Å². The molecule has 0 saturated heterocycles. The number of Topliss-reactive ketones (excluding diaryl/α,β-unsaturated/α-hetero) is 1. The van der Waals surface area contributed by atoms with E-state index in [1.54, 1.807) is 0 Å². The highest BCUT2D eigenvalue weighted by molar-refractivity contribution is 5.93. The van der Waals surface area contributed by atoms with Gasteiger partial charge in [0.05, 0.1) is 5.56 Å². The zero-order valence-corrected chi connectivity index (χ0v) is 7.95. The Kier molecular flexibility index (Phi) is 4.07. The number of alkyl halides is 3. The van der Waals surface area contributed by atoms with Crippen LogP contribution in [0.3, 0.4) is 0 Å². The molecule has 0 aliphatic heterocycles. The second kappa shape index (κ2) is 4.41. The predicted molar refractivity (Wildman–Crippen MR) is 46.5 cm³/mol. The molecule has 0 fully saturated rings. The van der Waals surface area contributed by atoms with Crippen molar-refractivity contribution < 1.29 is 18.0 Å². The molecule has 0 atom stereocenters. The third-order valence-electron chi connectivity index (χ3n) is 1.45. The van der Waals surface area contributed by atoms with Gasteiger partial charge in [0, 0.05) is 13.1 Å². The highest BCUT2D eigenvalue weighted by Crippen LogP contribution is 2.30. The molecular formula is C8H7ClF3NO. The van der Waals surface area contributed by atoms with Crippen LogP contribution in [0.15, 0.2) is 18.3 Å². The molecule has 0 spiro atoms. The lowest BCUT2D eigenvalue weighted by molar-refractivity contribution is -0.138. The van der Waals surface area contributed by atoms with Crippen LogP contribution in [0.5, 0.6) is 0 Å². The summed E-state index contributed by atoms with van der Waals surface area (Å²) in [7, 11) is 0. The topological polar surface area (TPSA) is 30.0 Å². The van der Waals surface area contributed by atoms with E-state index in [1.165, 1.54) is 0 Å². The highest BCUT2D eigenvalue weighted by atomic mass is 35.5. The summed E-state index contributed by atoms with van der Waals surface area (Å²) in [5.41, 5.74) is -1.52. The number of hydrogen-bond donors (Lipinski definition) is 0. The monoisotopic (exact) mass is 225 g/mol. The van der Waals surface area contributed by atoms with Crippen LogP contribution in [0.2, 0.25) is 0 Å². The van der Waals surface area contributed by atoms with Crippen molar-refractivity contribution in [3.63, 3.8) is 0 Å². The molecule has 1 heterocycles. The molecule has 2 nitrogen and oxygen atoms in total. The third-order valence-corrected chi connectivity index (χ3v) is 1.45. The van der Waals surface area contributed by atoms with E-state index in [-0.39, 0.29) is 12.4 Å². The maximum Gasteiger partial charge on any atom is 0.418 e. The van der Waals surface area contributed by atoms with Gasteiger partial charge < -0.3 is 0 Å². The van der Waals surface area contributed by atoms with Crippen molar-refractivity contribution in [2.75, 3.05) is 0 Å². The van der Waals surface area contributed by atoms with Crippen molar-refractivity contribution in [1.82, 2.24) is 4.98 Å². The SMILES string of the molecule is CC(=O)c1ncccc1C(F)(F)F.Cl. The van der Waals surface area contributed by atoms with E-state index >= 15 is 0 Å². The Morgan fingerprint density at radius 2 is 2.00 bits per heavy atom. The van der Waals surface area contributed by atoms with Crippen LogP contribution in [0.1, 0.15) is 23.0 Å². The first kappa shape index (κ1) is 12.9. The molecule has 0 aliphatic rings. The number of carbonyl (C=O) groups is 1. The minimum absolute atomic E-state index is 0. The number of nitrogens with zero attached hydrogens (tertiary/aromatic N) is 1. The van der Waals surface area contributed by atoms with Gasteiger partial charge in [0.2, 0.25) is 0 Å². The van der Waals surface area contributed by atoms with Crippen molar-refractivity contribution in [3.05, 3.63) is 29.6 Å². The molecule has 78 valence electrons. The van der Waals surface area contributed by atoms with Gasteiger partial charge in [-0.1, -0.05) is 0 Å². The molecule has 0 aromatic carbocycles. The summed E-state index contributed by atoms with van der Waals surface area (Å²) in [6.45, 7) is 1.05. The summed E-state index contributed by atoms with van der Waals surface area (Å²) in [6.07, 6.45) is -3.36. The molecule has 0 saturated carbocycles. The van der Waals surface area contributed by atoms with Crippen molar-refractivity contribution in [3.8, 4) is 0 Å². The maximum absolute atomic E-state index is 12.2. The molecule has 0 N–H and O–H groups in total. The number of rotatable bonds is 1. The molecule has 0 amide bonds. The lowest BCUT2D eigenvalue weighted by Gasteiger charge is -2.08. The van der Waals surface area contributed by atoms with E-state index in [0.717, 1.165) is 25.3 Å². The summed E-state index contributed by atoms with van der Waals surface area (Å²) in [5, 5.41) is 0. The molecule has 1 rings (SSSR count). The molecule has 0 aliphatic carbocycles. The standard InChI is InChI=1S/C8H6F3NO.ClH/c1-5(13)7-6(8(9,10)11)3-2-4-12-7;/h2-4H,1H3;1H. The quantitative estimate of drug-likeness (QED) is 0.688. The zero-order valence-electron chi connectivity index (χ0n) is 7.13. The Labute approximate surface area is 84.6 Å². The maximum atomic E-state index is 12.2. The van der Waals surface area contributed by atoms with Gasteiger partial charge in [-0.15, -0.1) is 12.4 Å². The summed E-state index contributed by atoms with van der Waals surface area (Å²) < 4.78 is 36.6. The summed E-state index contributed by atoms with van der Waals surface area (Å²) in [6, 6.07) is 1.99. The average molecular weight is 226 g/mol. The summed E-state index contributed by atoms with van der Waals surface area (Å²) in [5.74, 6) is -0.687. The fourth-order valence-electron chi connectivity index (χ4n) is 0.915.